The van der Waals surface area contributed by atoms with Crippen LogP contribution in [-0.4, -0.2) is 56.1 Å². The van der Waals surface area contributed by atoms with Gasteiger partial charge in [0.1, 0.15) is 17.0 Å². The monoisotopic (exact) mass is 424 g/mol. The minimum absolute atomic E-state index is 0.109. The molecule has 0 spiro atoms. The highest BCUT2D eigenvalue weighted by Gasteiger charge is 2.31. The second kappa shape index (κ2) is 9.12. The second-order valence-corrected chi connectivity index (χ2v) is 6.24. The third-order valence-corrected chi connectivity index (χ3v) is 4.49. The van der Waals surface area contributed by atoms with E-state index in [9.17, 15) is 14.4 Å². The third kappa shape index (κ3) is 4.11. The molecule has 0 saturated carbocycles. The standard InChI is InChI=1S/C22H20N2O7/c1-28-16-11-13(10-14(12-16)20(25)29-2)18-17(21(26)30-3)19(22(27)31-4)24(23-18)15-8-6-5-7-9-15/h5-12H,1-4H3. The molecule has 0 amide bonds. The molecule has 0 saturated heterocycles. The van der Waals surface area contributed by atoms with Gasteiger partial charge in [-0.15, -0.1) is 0 Å². The molecule has 1 aromatic heterocycles. The lowest BCUT2D eigenvalue weighted by Crippen LogP contribution is -2.15. The van der Waals surface area contributed by atoms with E-state index in [2.05, 4.69) is 5.10 Å². The molecule has 0 fully saturated rings. The van der Waals surface area contributed by atoms with Crippen LogP contribution in [0.1, 0.15) is 31.2 Å². The van der Waals surface area contributed by atoms with Gasteiger partial charge >= 0.3 is 17.9 Å². The van der Waals surface area contributed by atoms with Crippen molar-refractivity contribution >= 4 is 17.9 Å². The number of esters is 3. The van der Waals surface area contributed by atoms with E-state index in [4.69, 9.17) is 18.9 Å². The minimum atomic E-state index is -0.792. The third-order valence-electron chi connectivity index (χ3n) is 4.49. The molecule has 0 N–H and O–H groups in total. The average molecular weight is 424 g/mol. The van der Waals surface area contributed by atoms with Gasteiger partial charge in [0.05, 0.1) is 39.7 Å². The van der Waals surface area contributed by atoms with E-state index in [1.165, 1.54) is 45.3 Å². The summed E-state index contributed by atoms with van der Waals surface area (Å²) >= 11 is 0. The van der Waals surface area contributed by atoms with Crippen molar-refractivity contribution in [2.75, 3.05) is 28.4 Å². The van der Waals surface area contributed by atoms with Crippen LogP contribution in [0.25, 0.3) is 16.9 Å². The maximum Gasteiger partial charge on any atom is 0.357 e. The molecule has 0 radical (unpaired) electrons. The maximum atomic E-state index is 12.7. The molecule has 0 aliphatic carbocycles. The number of methoxy groups -OCH3 is 4. The molecular formula is C22H20N2O7. The summed E-state index contributed by atoms with van der Waals surface area (Å²) in [5.74, 6) is -1.84. The number of benzene rings is 2. The topological polar surface area (TPSA) is 106 Å². The number of para-hydroxylation sites is 1. The van der Waals surface area contributed by atoms with E-state index in [-0.39, 0.29) is 22.5 Å². The van der Waals surface area contributed by atoms with Crippen molar-refractivity contribution in [2.24, 2.45) is 0 Å². The summed E-state index contributed by atoms with van der Waals surface area (Å²) in [7, 11) is 5.08. The Balaban J connectivity index is 2.38. The van der Waals surface area contributed by atoms with Gasteiger partial charge in [-0.05, 0) is 30.3 Å². The number of ether oxygens (including phenoxy) is 4. The molecule has 9 nitrogen and oxygen atoms in total. The Morgan fingerprint density at radius 2 is 1.45 bits per heavy atom. The average Bonchev–Trinajstić information content (AvgIpc) is 3.23. The van der Waals surface area contributed by atoms with Crippen LogP contribution in [-0.2, 0) is 14.2 Å². The van der Waals surface area contributed by atoms with Crippen molar-refractivity contribution in [1.29, 1.82) is 0 Å². The molecule has 0 bridgehead atoms. The normalized spacial score (nSPS) is 10.3. The molecule has 160 valence electrons. The number of carbonyl (C=O) groups is 3. The van der Waals surface area contributed by atoms with Gasteiger partial charge in [-0.3, -0.25) is 0 Å². The van der Waals surface area contributed by atoms with Crippen LogP contribution in [0.3, 0.4) is 0 Å². The van der Waals surface area contributed by atoms with Gasteiger partial charge in [-0.25, -0.2) is 19.1 Å². The van der Waals surface area contributed by atoms with Gasteiger partial charge in [0, 0.05) is 5.56 Å². The highest BCUT2D eigenvalue weighted by molar-refractivity contribution is 6.07. The van der Waals surface area contributed by atoms with Crippen LogP contribution in [0.15, 0.2) is 48.5 Å². The highest BCUT2D eigenvalue weighted by atomic mass is 16.5. The lowest BCUT2D eigenvalue weighted by Gasteiger charge is -2.08. The number of rotatable bonds is 6. The van der Waals surface area contributed by atoms with E-state index < -0.39 is 17.9 Å². The van der Waals surface area contributed by atoms with Gasteiger partial charge in [0.25, 0.3) is 0 Å². The van der Waals surface area contributed by atoms with Crippen molar-refractivity contribution in [3.63, 3.8) is 0 Å². The lowest BCUT2D eigenvalue weighted by molar-refractivity contribution is 0.0549. The summed E-state index contributed by atoms with van der Waals surface area (Å²) in [5, 5.41) is 4.50. The molecule has 31 heavy (non-hydrogen) atoms. The smallest absolute Gasteiger partial charge is 0.357 e. The van der Waals surface area contributed by atoms with Crippen molar-refractivity contribution in [1.82, 2.24) is 9.78 Å². The molecule has 1 heterocycles. The predicted molar refractivity (Wildman–Crippen MR) is 110 cm³/mol. The first kappa shape index (κ1) is 21.6. The summed E-state index contributed by atoms with van der Waals surface area (Å²) in [5.41, 5.74) is 0.942. The molecule has 9 heteroatoms. The molecule has 3 aromatic rings. The van der Waals surface area contributed by atoms with Crippen LogP contribution in [0, 0.1) is 0 Å². The van der Waals surface area contributed by atoms with E-state index in [1.54, 1.807) is 36.4 Å². The number of nitrogens with zero attached hydrogens (tertiary/aromatic N) is 2. The molecule has 3 rings (SSSR count). The van der Waals surface area contributed by atoms with Crippen LogP contribution in [0.2, 0.25) is 0 Å². The maximum absolute atomic E-state index is 12.7. The SMILES string of the molecule is COC(=O)c1cc(OC)cc(-c2nn(-c3ccccc3)c(C(=O)OC)c2C(=O)OC)c1. The quantitative estimate of drug-likeness (QED) is 0.439. The van der Waals surface area contributed by atoms with Crippen molar-refractivity contribution in [2.45, 2.75) is 0 Å². The first-order valence-electron chi connectivity index (χ1n) is 9.08. The fourth-order valence-corrected chi connectivity index (χ4v) is 3.05. The van der Waals surface area contributed by atoms with Crippen molar-refractivity contribution < 1.29 is 33.3 Å². The van der Waals surface area contributed by atoms with E-state index in [1.807, 2.05) is 0 Å². The Hall–Kier alpha value is -4.14. The second-order valence-electron chi connectivity index (χ2n) is 6.24. The Labute approximate surface area is 178 Å². The zero-order valence-electron chi connectivity index (χ0n) is 17.4. The van der Waals surface area contributed by atoms with E-state index in [0.29, 0.717) is 17.0 Å². The summed E-state index contributed by atoms with van der Waals surface area (Å²) in [6.07, 6.45) is 0. The number of hydrogen-bond acceptors (Lipinski definition) is 8. The summed E-state index contributed by atoms with van der Waals surface area (Å²) < 4.78 is 21.2. The van der Waals surface area contributed by atoms with Gasteiger partial charge in [-0.1, -0.05) is 18.2 Å². The van der Waals surface area contributed by atoms with Crippen LogP contribution < -0.4 is 4.74 Å². The van der Waals surface area contributed by atoms with Gasteiger partial charge in [0.2, 0.25) is 0 Å². The largest absolute Gasteiger partial charge is 0.497 e. The predicted octanol–water partition coefficient (Wildman–Crippen LogP) is 2.91. The van der Waals surface area contributed by atoms with Crippen LogP contribution in [0.5, 0.6) is 5.75 Å². The van der Waals surface area contributed by atoms with E-state index in [0.717, 1.165) is 0 Å². The van der Waals surface area contributed by atoms with Crippen LogP contribution in [0.4, 0.5) is 0 Å². The molecular weight excluding hydrogens is 404 g/mol. The van der Waals surface area contributed by atoms with Gasteiger partial charge in [-0.2, -0.15) is 5.10 Å². The lowest BCUT2D eigenvalue weighted by atomic mass is 10.0. The molecule has 0 aliphatic heterocycles. The zero-order chi connectivity index (χ0) is 22.5. The minimum Gasteiger partial charge on any atom is -0.497 e. The molecule has 0 aliphatic rings. The number of aromatic nitrogens is 2. The Morgan fingerprint density at radius 1 is 0.806 bits per heavy atom. The van der Waals surface area contributed by atoms with Gasteiger partial charge < -0.3 is 18.9 Å². The number of hydrogen-bond donors (Lipinski definition) is 0. The summed E-state index contributed by atoms with van der Waals surface area (Å²) in [4.78, 5) is 37.5. The first-order chi connectivity index (χ1) is 14.9. The Bertz CT molecular complexity index is 1140. The summed E-state index contributed by atoms with van der Waals surface area (Å²) in [6.45, 7) is 0. The fourth-order valence-electron chi connectivity index (χ4n) is 3.05. The van der Waals surface area contributed by atoms with E-state index >= 15 is 0 Å². The summed E-state index contributed by atoms with van der Waals surface area (Å²) in [6, 6.07) is 13.3. The van der Waals surface area contributed by atoms with Crippen LogP contribution >= 0.6 is 0 Å². The highest BCUT2D eigenvalue weighted by Crippen LogP contribution is 2.32. The zero-order valence-corrected chi connectivity index (χ0v) is 17.4. The molecule has 2 aromatic carbocycles. The first-order valence-corrected chi connectivity index (χ1v) is 9.08. The molecule has 0 unspecified atom stereocenters. The van der Waals surface area contributed by atoms with Crippen molar-refractivity contribution in [3.8, 4) is 22.7 Å². The Morgan fingerprint density at radius 3 is 2.03 bits per heavy atom. The fraction of sp³-hybridized carbons (Fsp3) is 0.182. The van der Waals surface area contributed by atoms with Gasteiger partial charge in [0.15, 0.2) is 5.69 Å². The number of carbonyl (C=O) groups excluding carboxylic acids is 3. The van der Waals surface area contributed by atoms with Crippen molar-refractivity contribution in [3.05, 3.63) is 65.4 Å². The Kier molecular flexibility index (Phi) is 6.35. The molecule has 0 atom stereocenters.